The van der Waals surface area contributed by atoms with Gasteiger partial charge in [-0.15, -0.1) is 0 Å². The molecule has 0 saturated carbocycles. The van der Waals surface area contributed by atoms with Crippen molar-refractivity contribution in [1.82, 2.24) is 19.4 Å². The lowest BCUT2D eigenvalue weighted by atomic mass is 10.1. The molecule has 2 heterocycles. The van der Waals surface area contributed by atoms with Gasteiger partial charge in [-0.1, -0.05) is 11.6 Å². The highest BCUT2D eigenvalue weighted by Gasteiger charge is 2.36. The van der Waals surface area contributed by atoms with Gasteiger partial charge in [0.2, 0.25) is 10.0 Å². The van der Waals surface area contributed by atoms with Gasteiger partial charge >= 0.3 is 6.09 Å². The molecule has 1 aromatic heterocycles. The fourth-order valence-corrected chi connectivity index (χ4v) is 5.12. The Bertz CT molecular complexity index is 1460. The van der Waals surface area contributed by atoms with Crippen molar-refractivity contribution in [1.29, 1.82) is 0 Å². The number of carbonyl (C=O) groups is 2. The van der Waals surface area contributed by atoms with Gasteiger partial charge in [0.05, 0.1) is 21.5 Å². The van der Waals surface area contributed by atoms with E-state index in [2.05, 4.69) is 15.1 Å². The number of carbonyl (C=O) groups excluding carboxylic acids is 2. The molecule has 2 N–H and O–H groups in total. The van der Waals surface area contributed by atoms with Crippen LogP contribution >= 0.6 is 11.6 Å². The zero-order chi connectivity index (χ0) is 26.4. The predicted molar refractivity (Wildman–Crippen MR) is 132 cm³/mol. The van der Waals surface area contributed by atoms with Crippen LogP contribution < -0.4 is 10.0 Å². The molecule has 3 aromatic rings. The number of sulfonamides is 1. The number of amides is 2. The van der Waals surface area contributed by atoms with Crippen LogP contribution in [0.4, 0.5) is 14.9 Å². The molecular weight excluding hydrogens is 513 g/mol. The Morgan fingerprint density at radius 2 is 1.86 bits per heavy atom. The Hall–Kier alpha value is -3.22. The summed E-state index contributed by atoms with van der Waals surface area (Å²) in [6.45, 7) is 5.65. The first-order chi connectivity index (χ1) is 16.7. The minimum Gasteiger partial charge on any atom is -0.444 e. The first-order valence-electron chi connectivity index (χ1n) is 11.0. The number of hydrogen-bond donors (Lipinski definition) is 2. The molecule has 1 aliphatic heterocycles. The van der Waals surface area contributed by atoms with E-state index in [0.717, 1.165) is 6.07 Å². The summed E-state index contributed by atoms with van der Waals surface area (Å²) in [7, 11) is -2.35. The number of rotatable bonds is 5. The lowest BCUT2D eigenvalue weighted by molar-refractivity contribution is 0.00737. The first kappa shape index (κ1) is 25.9. The van der Waals surface area contributed by atoms with E-state index in [0.29, 0.717) is 16.6 Å². The number of halogens is 2. The van der Waals surface area contributed by atoms with Crippen molar-refractivity contribution in [3.8, 4) is 0 Å². The van der Waals surface area contributed by atoms with Gasteiger partial charge in [-0.2, -0.15) is 5.10 Å². The number of hydrogen-bond acceptors (Lipinski definition) is 6. The number of nitrogens with zero attached hydrogens (tertiary/aromatic N) is 3. The highest BCUT2D eigenvalue weighted by Crippen LogP contribution is 2.25. The van der Waals surface area contributed by atoms with E-state index in [9.17, 15) is 22.4 Å². The van der Waals surface area contributed by atoms with Crippen LogP contribution in [0.1, 0.15) is 31.3 Å². The van der Waals surface area contributed by atoms with Crippen molar-refractivity contribution in [2.24, 2.45) is 7.05 Å². The Kier molecular flexibility index (Phi) is 6.71. The fourth-order valence-electron chi connectivity index (χ4n) is 3.70. The number of aromatic nitrogens is 2. The average Bonchev–Trinajstić information content (AvgIpc) is 3.06. The Balaban J connectivity index is 1.47. The summed E-state index contributed by atoms with van der Waals surface area (Å²) >= 11 is 5.78. The molecule has 192 valence electrons. The van der Waals surface area contributed by atoms with Crippen molar-refractivity contribution in [3.05, 3.63) is 52.9 Å². The molecule has 2 amide bonds. The lowest BCUT2D eigenvalue weighted by Crippen LogP contribution is -2.61. The molecule has 2 aromatic carbocycles. The minimum atomic E-state index is -3.91. The number of ether oxygens (including phenoxy) is 1. The van der Waals surface area contributed by atoms with E-state index in [1.54, 1.807) is 27.8 Å². The maximum Gasteiger partial charge on any atom is 0.410 e. The standard InChI is InChI=1S/C23H25ClFN5O5S/c1-23(2,3)35-22(32)30-11-14(12-30)28-36(33,34)15-6-7-16-19(10-15)27-29(4)20(16)21(31)26-13-5-8-18(25)17(24)9-13/h5-10,14,28H,11-12H2,1-4H3,(H,26,31). The third-order valence-electron chi connectivity index (χ3n) is 5.36. The fraction of sp³-hybridized carbons (Fsp3) is 0.348. The summed E-state index contributed by atoms with van der Waals surface area (Å²) in [6, 6.07) is 7.59. The predicted octanol–water partition coefficient (Wildman–Crippen LogP) is 3.52. The van der Waals surface area contributed by atoms with Gasteiger partial charge in [0.25, 0.3) is 5.91 Å². The number of likely N-dealkylation sites (tertiary alicyclic amines) is 1. The summed E-state index contributed by atoms with van der Waals surface area (Å²) in [5, 5.41) is 7.21. The van der Waals surface area contributed by atoms with Gasteiger partial charge in [0.1, 0.15) is 17.1 Å². The molecule has 0 aliphatic carbocycles. The highest BCUT2D eigenvalue weighted by molar-refractivity contribution is 7.89. The maximum atomic E-state index is 13.4. The van der Waals surface area contributed by atoms with E-state index >= 15 is 0 Å². The molecule has 1 fully saturated rings. The summed E-state index contributed by atoms with van der Waals surface area (Å²) in [6.07, 6.45) is -0.499. The van der Waals surface area contributed by atoms with Gasteiger partial charge in [-0.25, -0.2) is 22.3 Å². The minimum absolute atomic E-state index is 0.0268. The summed E-state index contributed by atoms with van der Waals surface area (Å²) < 4.78 is 48.4. The quantitative estimate of drug-likeness (QED) is 0.513. The molecule has 10 nitrogen and oxygen atoms in total. The van der Waals surface area contributed by atoms with Crippen LogP contribution in [0.5, 0.6) is 0 Å². The van der Waals surface area contributed by atoms with Gasteiger partial charge in [0, 0.05) is 31.2 Å². The van der Waals surface area contributed by atoms with Gasteiger partial charge in [0.15, 0.2) is 0 Å². The lowest BCUT2D eigenvalue weighted by Gasteiger charge is -2.39. The zero-order valence-corrected chi connectivity index (χ0v) is 21.6. The summed E-state index contributed by atoms with van der Waals surface area (Å²) in [5.41, 5.74) is 0.146. The topological polar surface area (TPSA) is 123 Å². The van der Waals surface area contributed by atoms with Crippen LogP contribution in [0.25, 0.3) is 10.9 Å². The van der Waals surface area contributed by atoms with Crippen LogP contribution in [0.3, 0.4) is 0 Å². The van der Waals surface area contributed by atoms with E-state index in [1.807, 2.05) is 0 Å². The van der Waals surface area contributed by atoms with Gasteiger partial charge < -0.3 is 15.0 Å². The number of benzene rings is 2. The van der Waals surface area contributed by atoms with E-state index < -0.39 is 39.5 Å². The second-order valence-electron chi connectivity index (χ2n) is 9.44. The number of nitrogens with one attached hydrogen (secondary N) is 2. The van der Waals surface area contributed by atoms with Crippen molar-refractivity contribution >= 4 is 50.2 Å². The molecular formula is C23H25ClFN5O5S. The van der Waals surface area contributed by atoms with Crippen LogP contribution in [0.2, 0.25) is 5.02 Å². The SMILES string of the molecule is Cn1nc2cc(S(=O)(=O)NC3CN(C(=O)OC(C)(C)C)C3)ccc2c1C(=O)Nc1ccc(F)c(Cl)c1. The average molecular weight is 538 g/mol. The van der Waals surface area contributed by atoms with Crippen molar-refractivity contribution in [2.75, 3.05) is 18.4 Å². The molecule has 0 atom stereocenters. The highest BCUT2D eigenvalue weighted by atomic mass is 35.5. The molecule has 13 heteroatoms. The Labute approximate surface area is 212 Å². The summed E-state index contributed by atoms with van der Waals surface area (Å²) in [4.78, 5) is 26.3. The van der Waals surface area contributed by atoms with Crippen molar-refractivity contribution < 1.29 is 27.1 Å². The monoisotopic (exact) mass is 537 g/mol. The second kappa shape index (κ2) is 9.34. The normalized spacial score (nSPS) is 14.6. The molecule has 1 saturated heterocycles. The smallest absolute Gasteiger partial charge is 0.410 e. The number of aryl methyl sites for hydroxylation is 1. The second-order valence-corrected chi connectivity index (χ2v) is 11.6. The molecule has 4 rings (SSSR count). The molecule has 36 heavy (non-hydrogen) atoms. The first-order valence-corrected chi connectivity index (χ1v) is 12.8. The van der Waals surface area contributed by atoms with Gasteiger partial charge in [-0.05, 0) is 57.2 Å². The largest absolute Gasteiger partial charge is 0.444 e. The van der Waals surface area contributed by atoms with Crippen molar-refractivity contribution in [3.63, 3.8) is 0 Å². The van der Waals surface area contributed by atoms with Crippen molar-refractivity contribution in [2.45, 2.75) is 37.3 Å². The zero-order valence-electron chi connectivity index (χ0n) is 20.0. The maximum absolute atomic E-state index is 13.4. The Morgan fingerprint density at radius 3 is 2.50 bits per heavy atom. The number of fused-ring (bicyclic) bond motifs is 1. The molecule has 0 bridgehead atoms. The van der Waals surface area contributed by atoms with E-state index in [4.69, 9.17) is 16.3 Å². The third kappa shape index (κ3) is 5.45. The van der Waals surface area contributed by atoms with Crippen LogP contribution in [-0.2, 0) is 21.8 Å². The summed E-state index contributed by atoms with van der Waals surface area (Å²) in [5.74, 6) is -1.13. The van der Waals surface area contributed by atoms with Crippen LogP contribution in [-0.4, -0.2) is 59.8 Å². The molecule has 0 unspecified atom stereocenters. The molecule has 0 spiro atoms. The number of anilines is 1. The van der Waals surface area contributed by atoms with E-state index in [1.165, 1.54) is 39.9 Å². The third-order valence-corrected chi connectivity index (χ3v) is 7.17. The van der Waals surface area contributed by atoms with Crippen LogP contribution in [0.15, 0.2) is 41.3 Å². The molecule has 0 radical (unpaired) electrons. The van der Waals surface area contributed by atoms with E-state index in [-0.39, 0.29) is 28.7 Å². The molecule has 1 aliphatic rings. The van der Waals surface area contributed by atoms with Crippen LogP contribution in [0, 0.1) is 5.82 Å². The van der Waals surface area contributed by atoms with Gasteiger partial charge in [-0.3, -0.25) is 9.48 Å². The Morgan fingerprint density at radius 1 is 1.17 bits per heavy atom.